The first-order valence-electron chi connectivity index (χ1n) is 4.98. The zero-order valence-electron chi connectivity index (χ0n) is 9.45. The van der Waals surface area contributed by atoms with E-state index in [1.54, 1.807) is 6.07 Å². The molecular weight excluding hydrogens is 202 g/mol. The molecule has 3 N–H and O–H groups in total. The molecule has 84 valence electrons. The van der Waals surface area contributed by atoms with Crippen LogP contribution in [0.15, 0.2) is 12.1 Å². The van der Waals surface area contributed by atoms with Crippen LogP contribution in [0.2, 0.25) is 0 Å². The fraction of sp³-hybridized carbons (Fsp3) is 0.333. The molecule has 0 aliphatic carbocycles. The molecule has 1 atom stereocenters. The van der Waals surface area contributed by atoms with Gasteiger partial charge in [0.15, 0.2) is 0 Å². The molecule has 1 aromatic rings. The van der Waals surface area contributed by atoms with Crippen LogP contribution in [0, 0.1) is 26.2 Å². The van der Waals surface area contributed by atoms with E-state index in [-0.39, 0.29) is 12.3 Å². The number of amides is 1. The number of hydrogen-bond acceptors (Lipinski definition) is 3. The van der Waals surface area contributed by atoms with E-state index in [1.165, 1.54) is 0 Å². The molecule has 1 amide bonds. The molecule has 0 aromatic carbocycles. The molecule has 4 nitrogen and oxygen atoms in total. The fourth-order valence-electron chi connectivity index (χ4n) is 1.26. The maximum Gasteiger partial charge on any atom is 0.242 e. The van der Waals surface area contributed by atoms with Gasteiger partial charge < -0.3 is 11.1 Å². The summed E-state index contributed by atoms with van der Waals surface area (Å²) in [5.41, 5.74) is 7.92. The summed E-state index contributed by atoms with van der Waals surface area (Å²) < 4.78 is 0. The Morgan fingerprint density at radius 3 is 2.88 bits per heavy atom. The second-order valence-electron chi connectivity index (χ2n) is 3.59. The molecule has 0 fully saturated rings. The van der Waals surface area contributed by atoms with Crippen LogP contribution in [0.5, 0.6) is 0 Å². The largest absolute Gasteiger partial charge is 0.323 e. The van der Waals surface area contributed by atoms with Crippen molar-refractivity contribution in [2.75, 3.05) is 5.32 Å². The maximum absolute atomic E-state index is 11.6. The lowest BCUT2D eigenvalue weighted by Gasteiger charge is -2.11. The Kier molecular flexibility index (Phi) is 4.03. The first kappa shape index (κ1) is 12.2. The van der Waals surface area contributed by atoms with Crippen LogP contribution >= 0.6 is 0 Å². The van der Waals surface area contributed by atoms with Crippen LogP contribution in [0.4, 0.5) is 5.69 Å². The number of pyridine rings is 1. The summed E-state index contributed by atoms with van der Waals surface area (Å²) in [6.07, 6.45) is 5.31. The number of nitrogens with zero attached hydrogens (tertiary/aromatic N) is 1. The summed E-state index contributed by atoms with van der Waals surface area (Å²) in [4.78, 5) is 15.8. The summed E-state index contributed by atoms with van der Waals surface area (Å²) in [5.74, 6) is 2.07. The topological polar surface area (TPSA) is 68.0 Å². The lowest BCUT2D eigenvalue weighted by atomic mass is 10.2. The van der Waals surface area contributed by atoms with Crippen LogP contribution in [0.1, 0.15) is 17.8 Å². The average molecular weight is 217 g/mol. The smallest absolute Gasteiger partial charge is 0.242 e. The van der Waals surface area contributed by atoms with Gasteiger partial charge in [0, 0.05) is 12.1 Å². The van der Waals surface area contributed by atoms with Crippen molar-refractivity contribution in [2.24, 2.45) is 5.73 Å². The molecule has 1 rings (SSSR count). The van der Waals surface area contributed by atoms with E-state index in [2.05, 4.69) is 16.2 Å². The number of nitrogens with one attached hydrogen (secondary N) is 1. The van der Waals surface area contributed by atoms with Gasteiger partial charge in [-0.2, -0.15) is 0 Å². The van der Waals surface area contributed by atoms with Crippen molar-refractivity contribution in [2.45, 2.75) is 26.3 Å². The van der Waals surface area contributed by atoms with Crippen LogP contribution in [0.25, 0.3) is 0 Å². The van der Waals surface area contributed by atoms with Crippen molar-refractivity contribution in [1.29, 1.82) is 0 Å². The minimum Gasteiger partial charge on any atom is -0.323 e. The van der Waals surface area contributed by atoms with Crippen LogP contribution in [-0.2, 0) is 4.79 Å². The second kappa shape index (κ2) is 5.29. The number of terminal acetylenes is 1. The molecule has 0 saturated heterocycles. The van der Waals surface area contributed by atoms with Gasteiger partial charge in [0.2, 0.25) is 5.91 Å². The average Bonchev–Trinajstić information content (AvgIpc) is 2.22. The molecule has 0 spiro atoms. The molecule has 0 saturated carbocycles. The molecular formula is C12H15N3O. The Morgan fingerprint density at radius 1 is 1.62 bits per heavy atom. The van der Waals surface area contributed by atoms with E-state index in [0.29, 0.717) is 5.69 Å². The minimum absolute atomic E-state index is 0.226. The van der Waals surface area contributed by atoms with Gasteiger partial charge in [-0.25, -0.2) is 0 Å². The SMILES string of the molecule is C#CCC(N)C(=O)Nc1ccc(C)nc1C. The molecule has 0 radical (unpaired) electrons. The van der Waals surface area contributed by atoms with Crippen LogP contribution in [0.3, 0.4) is 0 Å². The third kappa shape index (κ3) is 3.07. The van der Waals surface area contributed by atoms with Gasteiger partial charge in [-0.3, -0.25) is 9.78 Å². The third-order valence-electron chi connectivity index (χ3n) is 2.16. The summed E-state index contributed by atoms with van der Waals surface area (Å²) in [7, 11) is 0. The van der Waals surface area contributed by atoms with Gasteiger partial charge in [0.05, 0.1) is 17.4 Å². The number of aryl methyl sites for hydroxylation is 2. The van der Waals surface area contributed by atoms with Crippen molar-refractivity contribution in [1.82, 2.24) is 4.98 Å². The van der Waals surface area contributed by atoms with Gasteiger partial charge in [-0.05, 0) is 26.0 Å². The highest BCUT2D eigenvalue weighted by Crippen LogP contribution is 2.12. The highest BCUT2D eigenvalue weighted by molar-refractivity contribution is 5.95. The Morgan fingerprint density at radius 2 is 2.31 bits per heavy atom. The quantitative estimate of drug-likeness (QED) is 0.742. The molecule has 0 aliphatic heterocycles. The third-order valence-corrected chi connectivity index (χ3v) is 2.16. The van der Waals surface area contributed by atoms with Crippen molar-refractivity contribution in [3.05, 3.63) is 23.5 Å². The first-order chi connectivity index (χ1) is 7.54. The lowest BCUT2D eigenvalue weighted by molar-refractivity contribution is -0.117. The Hall–Kier alpha value is -1.86. The number of carbonyl (C=O) groups is 1. The van der Waals surface area contributed by atoms with E-state index < -0.39 is 6.04 Å². The second-order valence-corrected chi connectivity index (χ2v) is 3.59. The van der Waals surface area contributed by atoms with E-state index in [1.807, 2.05) is 19.9 Å². The van der Waals surface area contributed by atoms with Gasteiger partial charge in [0.1, 0.15) is 0 Å². The normalized spacial score (nSPS) is 11.6. The summed E-state index contributed by atoms with van der Waals surface area (Å²) >= 11 is 0. The van der Waals surface area contributed by atoms with Crippen molar-refractivity contribution >= 4 is 11.6 Å². The maximum atomic E-state index is 11.6. The first-order valence-corrected chi connectivity index (χ1v) is 4.98. The number of rotatable bonds is 3. The molecule has 16 heavy (non-hydrogen) atoms. The van der Waals surface area contributed by atoms with E-state index >= 15 is 0 Å². The van der Waals surface area contributed by atoms with Crippen molar-refractivity contribution < 1.29 is 4.79 Å². The van der Waals surface area contributed by atoms with Gasteiger partial charge >= 0.3 is 0 Å². The molecule has 1 unspecified atom stereocenters. The predicted molar refractivity (Wildman–Crippen MR) is 63.8 cm³/mol. The van der Waals surface area contributed by atoms with Crippen LogP contribution < -0.4 is 11.1 Å². The summed E-state index contributed by atoms with van der Waals surface area (Å²) in [6.45, 7) is 3.72. The summed E-state index contributed by atoms with van der Waals surface area (Å²) in [5, 5.41) is 2.70. The number of anilines is 1. The number of hydrogen-bond donors (Lipinski definition) is 2. The zero-order valence-corrected chi connectivity index (χ0v) is 9.45. The Labute approximate surface area is 95.3 Å². The Balaban J connectivity index is 2.74. The van der Waals surface area contributed by atoms with Crippen molar-refractivity contribution in [3.8, 4) is 12.3 Å². The molecule has 1 aromatic heterocycles. The highest BCUT2D eigenvalue weighted by atomic mass is 16.2. The predicted octanol–water partition coefficient (Wildman–Crippen LogP) is 0.988. The van der Waals surface area contributed by atoms with E-state index in [0.717, 1.165) is 11.4 Å². The number of nitrogens with two attached hydrogens (primary N) is 1. The van der Waals surface area contributed by atoms with Gasteiger partial charge in [-0.1, -0.05) is 0 Å². The standard InChI is InChI=1S/C12H15N3O/c1-4-5-10(13)12(16)15-11-7-6-8(2)14-9(11)3/h1,6-7,10H,5,13H2,2-3H3,(H,15,16). The molecule has 1 heterocycles. The van der Waals surface area contributed by atoms with Gasteiger partial charge in [0.25, 0.3) is 0 Å². The van der Waals surface area contributed by atoms with E-state index in [4.69, 9.17) is 12.2 Å². The zero-order chi connectivity index (χ0) is 12.1. The summed E-state index contributed by atoms with van der Waals surface area (Å²) in [6, 6.07) is 2.96. The number of aromatic nitrogens is 1. The Bertz CT molecular complexity index is 434. The highest BCUT2D eigenvalue weighted by Gasteiger charge is 2.13. The molecule has 4 heteroatoms. The number of carbonyl (C=O) groups excluding carboxylic acids is 1. The lowest BCUT2D eigenvalue weighted by Crippen LogP contribution is -2.35. The molecule has 0 aliphatic rings. The van der Waals surface area contributed by atoms with Gasteiger partial charge in [-0.15, -0.1) is 12.3 Å². The van der Waals surface area contributed by atoms with Crippen LogP contribution in [-0.4, -0.2) is 16.9 Å². The fourth-order valence-corrected chi connectivity index (χ4v) is 1.26. The minimum atomic E-state index is -0.675. The van der Waals surface area contributed by atoms with E-state index in [9.17, 15) is 4.79 Å². The molecule has 0 bridgehead atoms. The monoisotopic (exact) mass is 217 g/mol. The van der Waals surface area contributed by atoms with Crippen molar-refractivity contribution in [3.63, 3.8) is 0 Å².